The second-order valence-corrected chi connectivity index (χ2v) is 3.84. The molecule has 2 rings (SSSR count). The molecule has 0 aromatic carbocycles. The minimum absolute atomic E-state index is 0.173. The van der Waals surface area contributed by atoms with E-state index in [-0.39, 0.29) is 5.01 Å². The predicted molar refractivity (Wildman–Crippen MR) is 44.5 cm³/mol. The molecule has 0 fully saturated rings. The molecule has 0 bridgehead atoms. The van der Waals surface area contributed by atoms with Crippen LogP contribution in [0.2, 0.25) is 0 Å². The molecule has 56 valence electrons. The standard InChI is InChI=1S/C6H3NO2S2/c8-6(9)5-7-4-3(11-5)1-2-10-4/h1-2H,(H,8,9). The van der Waals surface area contributed by atoms with Crippen LogP contribution in [0.1, 0.15) is 9.80 Å². The van der Waals surface area contributed by atoms with Crippen molar-refractivity contribution in [2.45, 2.75) is 0 Å². The van der Waals surface area contributed by atoms with Crippen LogP contribution in [0.3, 0.4) is 0 Å². The van der Waals surface area contributed by atoms with Crippen molar-refractivity contribution in [2.75, 3.05) is 0 Å². The topological polar surface area (TPSA) is 50.2 Å². The second-order valence-electron chi connectivity index (χ2n) is 1.91. The molecular formula is C6H3NO2S2. The van der Waals surface area contributed by atoms with Gasteiger partial charge in [0.05, 0.1) is 4.70 Å². The highest BCUT2D eigenvalue weighted by Gasteiger charge is 2.09. The van der Waals surface area contributed by atoms with Crippen molar-refractivity contribution in [3.05, 3.63) is 16.5 Å². The number of carboxylic acid groups (broad SMARTS) is 1. The van der Waals surface area contributed by atoms with Gasteiger partial charge in [-0.1, -0.05) is 0 Å². The van der Waals surface area contributed by atoms with Crippen LogP contribution in [0.25, 0.3) is 9.53 Å². The lowest BCUT2D eigenvalue weighted by molar-refractivity contribution is 0.0697. The van der Waals surface area contributed by atoms with E-state index in [1.807, 2.05) is 11.4 Å². The first kappa shape index (κ1) is 6.75. The quantitative estimate of drug-likeness (QED) is 0.739. The van der Waals surface area contributed by atoms with E-state index in [0.29, 0.717) is 0 Å². The first-order chi connectivity index (χ1) is 5.27. The number of fused-ring (bicyclic) bond motifs is 1. The van der Waals surface area contributed by atoms with Crippen molar-refractivity contribution in [1.82, 2.24) is 4.98 Å². The first-order valence-electron chi connectivity index (χ1n) is 2.85. The van der Waals surface area contributed by atoms with Gasteiger partial charge in [0.25, 0.3) is 0 Å². The highest BCUT2D eigenvalue weighted by atomic mass is 32.1. The third-order valence-electron chi connectivity index (χ3n) is 1.20. The van der Waals surface area contributed by atoms with Crippen molar-refractivity contribution in [3.8, 4) is 0 Å². The molecule has 0 aliphatic heterocycles. The zero-order valence-electron chi connectivity index (χ0n) is 5.27. The van der Waals surface area contributed by atoms with E-state index in [1.165, 1.54) is 22.7 Å². The third kappa shape index (κ3) is 1.02. The maximum atomic E-state index is 10.4. The fourth-order valence-corrected chi connectivity index (χ4v) is 2.54. The molecule has 0 radical (unpaired) electrons. The summed E-state index contributed by atoms with van der Waals surface area (Å²) in [4.78, 5) is 15.1. The Kier molecular flexibility index (Phi) is 1.40. The average molecular weight is 185 g/mol. The molecule has 0 aliphatic rings. The molecule has 0 atom stereocenters. The van der Waals surface area contributed by atoms with Crippen LogP contribution in [0.15, 0.2) is 11.4 Å². The van der Waals surface area contributed by atoms with Gasteiger partial charge in [-0.2, -0.15) is 0 Å². The van der Waals surface area contributed by atoms with Gasteiger partial charge in [0, 0.05) is 0 Å². The highest BCUT2D eigenvalue weighted by molar-refractivity contribution is 7.27. The lowest BCUT2D eigenvalue weighted by Gasteiger charge is -1.78. The van der Waals surface area contributed by atoms with E-state index in [4.69, 9.17) is 5.11 Å². The molecule has 2 aromatic rings. The fraction of sp³-hybridized carbons (Fsp3) is 0. The van der Waals surface area contributed by atoms with Crippen molar-refractivity contribution < 1.29 is 9.90 Å². The summed E-state index contributed by atoms with van der Waals surface area (Å²) in [5.74, 6) is -0.946. The summed E-state index contributed by atoms with van der Waals surface area (Å²) in [5, 5.41) is 10.6. The zero-order valence-corrected chi connectivity index (χ0v) is 6.91. The number of carboxylic acids is 1. The zero-order chi connectivity index (χ0) is 7.84. The summed E-state index contributed by atoms with van der Waals surface area (Å²) in [6, 6.07) is 1.88. The van der Waals surface area contributed by atoms with Crippen LogP contribution in [-0.4, -0.2) is 16.1 Å². The van der Waals surface area contributed by atoms with Crippen molar-refractivity contribution >= 4 is 38.2 Å². The molecule has 0 spiro atoms. The number of carbonyl (C=O) groups is 1. The normalized spacial score (nSPS) is 10.5. The molecule has 0 amide bonds. The number of aromatic carboxylic acids is 1. The van der Waals surface area contributed by atoms with Gasteiger partial charge in [0.2, 0.25) is 5.01 Å². The summed E-state index contributed by atoms with van der Waals surface area (Å²) in [6.07, 6.45) is 0. The third-order valence-corrected chi connectivity index (χ3v) is 3.15. The van der Waals surface area contributed by atoms with Gasteiger partial charge in [-0.15, -0.1) is 22.7 Å². The summed E-state index contributed by atoms with van der Waals surface area (Å²) in [7, 11) is 0. The molecule has 3 nitrogen and oxygen atoms in total. The van der Waals surface area contributed by atoms with E-state index < -0.39 is 5.97 Å². The van der Waals surface area contributed by atoms with E-state index in [1.54, 1.807) is 0 Å². The highest BCUT2D eigenvalue weighted by Crippen LogP contribution is 2.26. The average Bonchev–Trinajstić information content (AvgIpc) is 2.40. The van der Waals surface area contributed by atoms with Crippen molar-refractivity contribution in [2.24, 2.45) is 0 Å². The number of hydrogen-bond donors (Lipinski definition) is 1. The second kappa shape index (κ2) is 2.28. The van der Waals surface area contributed by atoms with Gasteiger partial charge in [-0.25, -0.2) is 9.78 Å². The Morgan fingerprint density at radius 1 is 1.64 bits per heavy atom. The Hall–Kier alpha value is -0.940. The molecule has 2 aromatic heterocycles. The Bertz CT molecular complexity index is 375. The van der Waals surface area contributed by atoms with E-state index >= 15 is 0 Å². The molecule has 0 unspecified atom stereocenters. The van der Waals surface area contributed by atoms with E-state index in [0.717, 1.165) is 9.53 Å². The SMILES string of the molecule is O=C(O)c1nc2sccc2s1. The molecule has 0 aliphatic carbocycles. The van der Waals surface area contributed by atoms with Crippen LogP contribution in [0, 0.1) is 0 Å². The molecule has 1 N–H and O–H groups in total. The number of thiophene rings is 1. The minimum Gasteiger partial charge on any atom is -0.476 e. The fourth-order valence-electron chi connectivity index (χ4n) is 0.759. The summed E-state index contributed by atoms with van der Waals surface area (Å²) >= 11 is 2.67. The largest absolute Gasteiger partial charge is 0.476 e. The number of nitrogens with zero attached hydrogens (tertiary/aromatic N) is 1. The monoisotopic (exact) mass is 185 g/mol. The van der Waals surface area contributed by atoms with Gasteiger partial charge in [-0.05, 0) is 11.4 Å². The molecular weight excluding hydrogens is 182 g/mol. The molecule has 11 heavy (non-hydrogen) atoms. The Morgan fingerprint density at radius 2 is 2.45 bits per heavy atom. The first-order valence-corrected chi connectivity index (χ1v) is 4.54. The van der Waals surface area contributed by atoms with Gasteiger partial charge in [-0.3, -0.25) is 0 Å². The Labute approximate surface area is 69.9 Å². The van der Waals surface area contributed by atoms with Gasteiger partial charge in [0.1, 0.15) is 4.83 Å². The maximum Gasteiger partial charge on any atom is 0.365 e. The number of thiazole rings is 1. The van der Waals surface area contributed by atoms with Crippen LogP contribution >= 0.6 is 22.7 Å². The molecule has 5 heteroatoms. The van der Waals surface area contributed by atoms with Gasteiger partial charge >= 0.3 is 5.97 Å². The van der Waals surface area contributed by atoms with Gasteiger partial charge < -0.3 is 5.11 Å². The van der Waals surface area contributed by atoms with Crippen LogP contribution in [0.5, 0.6) is 0 Å². The van der Waals surface area contributed by atoms with Crippen molar-refractivity contribution in [3.63, 3.8) is 0 Å². The molecule has 0 saturated heterocycles. The molecule has 0 saturated carbocycles. The van der Waals surface area contributed by atoms with Crippen LogP contribution in [-0.2, 0) is 0 Å². The van der Waals surface area contributed by atoms with Crippen molar-refractivity contribution in [1.29, 1.82) is 0 Å². The summed E-state index contributed by atoms with van der Waals surface area (Å²) in [5.41, 5.74) is 0. The number of hydrogen-bond acceptors (Lipinski definition) is 4. The summed E-state index contributed by atoms with van der Waals surface area (Å²) < 4.78 is 0.951. The molecule has 2 heterocycles. The van der Waals surface area contributed by atoms with E-state index in [2.05, 4.69) is 4.98 Å². The van der Waals surface area contributed by atoms with E-state index in [9.17, 15) is 4.79 Å². The lowest BCUT2D eigenvalue weighted by Crippen LogP contribution is -1.92. The Morgan fingerprint density at radius 3 is 3.09 bits per heavy atom. The minimum atomic E-state index is -0.946. The van der Waals surface area contributed by atoms with Crippen LogP contribution in [0.4, 0.5) is 0 Å². The number of aromatic nitrogens is 1. The number of rotatable bonds is 1. The smallest absolute Gasteiger partial charge is 0.365 e. The maximum absolute atomic E-state index is 10.4. The summed E-state index contributed by atoms with van der Waals surface area (Å²) in [6.45, 7) is 0. The lowest BCUT2D eigenvalue weighted by atomic mass is 10.6. The predicted octanol–water partition coefficient (Wildman–Crippen LogP) is 2.06. The van der Waals surface area contributed by atoms with Gasteiger partial charge in [0.15, 0.2) is 0 Å². The van der Waals surface area contributed by atoms with Crippen LogP contribution < -0.4 is 0 Å². The Balaban J connectivity index is 2.67.